The van der Waals surface area contributed by atoms with Crippen molar-refractivity contribution < 1.29 is 13.6 Å². The number of benzene rings is 2. The molecule has 5 nitrogen and oxygen atoms in total. The van der Waals surface area contributed by atoms with Crippen LogP contribution in [0, 0.1) is 11.6 Å². The molecule has 0 aliphatic carbocycles. The van der Waals surface area contributed by atoms with Gasteiger partial charge in [0.15, 0.2) is 5.96 Å². The van der Waals surface area contributed by atoms with Crippen molar-refractivity contribution in [1.82, 2.24) is 10.6 Å². The molecule has 0 heterocycles. The van der Waals surface area contributed by atoms with E-state index in [4.69, 9.17) is 0 Å². The minimum Gasteiger partial charge on any atom is -0.357 e. The van der Waals surface area contributed by atoms with Gasteiger partial charge in [-0.25, -0.2) is 13.8 Å². The van der Waals surface area contributed by atoms with Crippen molar-refractivity contribution >= 4 is 41.5 Å². The van der Waals surface area contributed by atoms with Gasteiger partial charge in [-0.1, -0.05) is 19.1 Å². The zero-order valence-corrected chi connectivity index (χ0v) is 18.9. The SMILES string of the molecule is CCCC(=O)Nc1cccc(CN=C(NCC)NCc2cc(F)ccc2F)c1.I. The second kappa shape index (κ2) is 13.1. The second-order valence-electron chi connectivity index (χ2n) is 6.28. The number of anilines is 1. The minimum absolute atomic E-state index is 0. The number of nitrogens with one attached hydrogen (secondary N) is 3. The van der Waals surface area contributed by atoms with Gasteiger partial charge in [0.1, 0.15) is 11.6 Å². The van der Waals surface area contributed by atoms with Gasteiger partial charge >= 0.3 is 0 Å². The molecule has 0 spiro atoms. The molecule has 1 amide bonds. The Kier molecular flexibility index (Phi) is 11.2. The van der Waals surface area contributed by atoms with E-state index in [1.165, 1.54) is 0 Å². The van der Waals surface area contributed by atoms with Gasteiger partial charge in [-0.3, -0.25) is 4.79 Å². The van der Waals surface area contributed by atoms with Crippen molar-refractivity contribution in [3.05, 3.63) is 65.2 Å². The molecule has 0 aliphatic heterocycles. The lowest BCUT2D eigenvalue weighted by Crippen LogP contribution is -2.37. The Hall–Kier alpha value is -2.23. The Morgan fingerprint density at radius 2 is 1.86 bits per heavy atom. The van der Waals surface area contributed by atoms with Crippen LogP contribution in [0.3, 0.4) is 0 Å². The first-order valence-electron chi connectivity index (χ1n) is 9.36. The van der Waals surface area contributed by atoms with Crippen LogP contribution < -0.4 is 16.0 Å². The lowest BCUT2D eigenvalue weighted by molar-refractivity contribution is -0.116. The third kappa shape index (κ3) is 8.76. The lowest BCUT2D eigenvalue weighted by Gasteiger charge is -2.12. The smallest absolute Gasteiger partial charge is 0.224 e. The molecular formula is C21H27F2IN4O. The maximum Gasteiger partial charge on any atom is 0.224 e. The Morgan fingerprint density at radius 3 is 2.59 bits per heavy atom. The van der Waals surface area contributed by atoms with E-state index in [0.29, 0.717) is 25.5 Å². The van der Waals surface area contributed by atoms with Crippen molar-refractivity contribution in [2.45, 2.75) is 39.8 Å². The number of hydrogen-bond donors (Lipinski definition) is 3. The van der Waals surface area contributed by atoms with Crippen LogP contribution in [0.15, 0.2) is 47.5 Å². The zero-order valence-electron chi connectivity index (χ0n) is 16.6. The van der Waals surface area contributed by atoms with Gasteiger partial charge < -0.3 is 16.0 Å². The number of amides is 1. The molecular weight excluding hydrogens is 489 g/mol. The molecule has 0 aliphatic rings. The summed E-state index contributed by atoms with van der Waals surface area (Å²) in [6.45, 7) is 4.99. The third-order valence-corrected chi connectivity index (χ3v) is 3.91. The molecule has 3 N–H and O–H groups in total. The molecule has 2 aromatic rings. The standard InChI is InChI=1S/C21H26F2N4O.HI/c1-3-6-20(28)27-18-8-5-7-15(11-18)13-25-21(24-4-2)26-14-16-12-17(22)9-10-19(16)23;/h5,7-12H,3-4,6,13-14H2,1-2H3,(H,27,28)(H2,24,25,26);1H. The van der Waals surface area contributed by atoms with Crippen LogP contribution in [0.1, 0.15) is 37.8 Å². The fourth-order valence-corrected chi connectivity index (χ4v) is 2.57. The summed E-state index contributed by atoms with van der Waals surface area (Å²) in [5, 5.41) is 8.93. The molecule has 0 atom stereocenters. The van der Waals surface area contributed by atoms with Crippen LogP contribution in [-0.2, 0) is 17.9 Å². The van der Waals surface area contributed by atoms with Crippen molar-refractivity contribution in [3.8, 4) is 0 Å². The van der Waals surface area contributed by atoms with Gasteiger partial charge in [-0.2, -0.15) is 0 Å². The van der Waals surface area contributed by atoms with Gasteiger partial charge in [0.2, 0.25) is 5.91 Å². The largest absolute Gasteiger partial charge is 0.357 e. The van der Waals surface area contributed by atoms with Gasteiger partial charge in [-0.05, 0) is 49.2 Å². The molecule has 0 saturated carbocycles. The number of aliphatic imine (C=N–C) groups is 1. The predicted octanol–water partition coefficient (Wildman–Crippen LogP) is 4.58. The lowest BCUT2D eigenvalue weighted by atomic mass is 10.2. The molecule has 2 aromatic carbocycles. The number of carbonyl (C=O) groups is 1. The molecule has 2 rings (SSSR count). The summed E-state index contributed by atoms with van der Waals surface area (Å²) in [6.07, 6.45) is 1.27. The van der Waals surface area contributed by atoms with Crippen molar-refractivity contribution in [1.29, 1.82) is 0 Å². The van der Waals surface area contributed by atoms with Crippen LogP contribution in [0.4, 0.5) is 14.5 Å². The van der Waals surface area contributed by atoms with Crippen molar-refractivity contribution in [3.63, 3.8) is 0 Å². The molecule has 8 heteroatoms. The van der Waals surface area contributed by atoms with Crippen LogP contribution in [0.25, 0.3) is 0 Å². The minimum atomic E-state index is -0.484. The third-order valence-electron chi connectivity index (χ3n) is 3.91. The van der Waals surface area contributed by atoms with Gasteiger partial charge in [-0.15, -0.1) is 24.0 Å². The summed E-state index contributed by atoms with van der Waals surface area (Å²) in [5.74, 6) is -0.482. The van der Waals surface area contributed by atoms with E-state index in [2.05, 4.69) is 20.9 Å². The molecule has 0 bridgehead atoms. The van der Waals surface area contributed by atoms with E-state index in [0.717, 1.165) is 35.9 Å². The molecule has 158 valence electrons. The summed E-state index contributed by atoms with van der Waals surface area (Å²) in [7, 11) is 0. The molecule has 0 radical (unpaired) electrons. The molecule has 29 heavy (non-hydrogen) atoms. The van der Waals surface area contributed by atoms with Gasteiger partial charge in [0, 0.05) is 30.8 Å². The summed E-state index contributed by atoms with van der Waals surface area (Å²) in [4.78, 5) is 16.2. The van der Waals surface area contributed by atoms with Crippen LogP contribution in [0.5, 0.6) is 0 Å². The van der Waals surface area contributed by atoms with E-state index in [1.807, 2.05) is 38.1 Å². The summed E-state index contributed by atoms with van der Waals surface area (Å²) in [6, 6.07) is 10.8. The highest BCUT2D eigenvalue weighted by molar-refractivity contribution is 14.0. The zero-order chi connectivity index (χ0) is 20.4. The summed E-state index contributed by atoms with van der Waals surface area (Å²) in [5.41, 5.74) is 1.88. The summed E-state index contributed by atoms with van der Waals surface area (Å²) < 4.78 is 27.1. The Bertz CT molecular complexity index is 830. The fourth-order valence-electron chi connectivity index (χ4n) is 2.57. The number of hydrogen-bond acceptors (Lipinski definition) is 2. The fraction of sp³-hybridized carbons (Fsp3) is 0.333. The van der Waals surface area contributed by atoms with Crippen molar-refractivity contribution in [2.24, 2.45) is 4.99 Å². The summed E-state index contributed by atoms with van der Waals surface area (Å²) >= 11 is 0. The van der Waals surface area contributed by atoms with Crippen LogP contribution in [0.2, 0.25) is 0 Å². The first-order chi connectivity index (χ1) is 13.5. The number of rotatable bonds is 8. The average Bonchev–Trinajstić information content (AvgIpc) is 2.67. The predicted molar refractivity (Wildman–Crippen MR) is 123 cm³/mol. The highest BCUT2D eigenvalue weighted by atomic mass is 127. The Labute approximate surface area is 187 Å². The highest BCUT2D eigenvalue weighted by Gasteiger charge is 2.06. The van der Waals surface area contributed by atoms with E-state index in [1.54, 1.807) is 0 Å². The number of halogens is 3. The topological polar surface area (TPSA) is 65.5 Å². The number of nitrogens with zero attached hydrogens (tertiary/aromatic N) is 1. The monoisotopic (exact) mass is 516 g/mol. The van der Waals surface area contributed by atoms with Crippen molar-refractivity contribution in [2.75, 3.05) is 11.9 Å². The van der Waals surface area contributed by atoms with Gasteiger partial charge in [0.05, 0.1) is 6.54 Å². The quantitative estimate of drug-likeness (QED) is 0.274. The maximum atomic E-state index is 13.8. The van der Waals surface area contributed by atoms with E-state index in [9.17, 15) is 13.6 Å². The molecule has 0 fully saturated rings. The molecule has 0 saturated heterocycles. The first kappa shape index (κ1) is 24.8. The normalized spacial score (nSPS) is 10.8. The molecule has 0 unspecified atom stereocenters. The maximum absolute atomic E-state index is 13.8. The van der Waals surface area contributed by atoms with Crippen LogP contribution in [-0.4, -0.2) is 18.4 Å². The Balaban J connectivity index is 0.00000420. The average molecular weight is 516 g/mol. The Morgan fingerprint density at radius 1 is 1.07 bits per heavy atom. The van der Waals surface area contributed by atoms with E-state index >= 15 is 0 Å². The van der Waals surface area contributed by atoms with E-state index in [-0.39, 0.29) is 42.0 Å². The second-order valence-corrected chi connectivity index (χ2v) is 6.28. The number of carbonyl (C=O) groups excluding carboxylic acids is 1. The first-order valence-corrected chi connectivity index (χ1v) is 9.36. The molecule has 0 aromatic heterocycles. The van der Waals surface area contributed by atoms with Gasteiger partial charge in [0.25, 0.3) is 0 Å². The van der Waals surface area contributed by atoms with Crippen LogP contribution >= 0.6 is 24.0 Å². The highest BCUT2D eigenvalue weighted by Crippen LogP contribution is 2.13. The van der Waals surface area contributed by atoms with E-state index < -0.39 is 11.6 Å². The number of guanidine groups is 1.